The predicted octanol–water partition coefficient (Wildman–Crippen LogP) is -0.283. The Hall–Kier alpha value is -1.93. The third kappa shape index (κ3) is 4.68. The first kappa shape index (κ1) is 15.1. The van der Waals surface area contributed by atoms with Gasteiger partial charge in [0.25, 0.3) is 0 Å². The molecule has 0 aromatic heterocycles. The van der Waals surface area contributed by atoms with E-state index in [1.54, 1.807) is 13.0 Å². The minimum absolute atomic E-state index is 0.0511. The van der Waals surface area contributed by atoms with Gasteiger partial charge in [0, 0.05) is 12.6 Å². The smallest absolute Gasteiger partial charge is 0.243 e. The lowest BCUT2D eigenvalue weighted by Gasteiger charge is -2.09. The fourth-order valence-corrected chi connectivity index (χ4v) is 2.20. The third-order valence-corrected chi connectivity index (χ3v) is 3.33. The van der Waals surface area contributed by atoms with Crippen LogP contribution in [-0.4, -0.2) is 26.8 Å². The van der Waals surface area contributed by atoms with Crippen molar-refractivity contribution >= 4 is 27.5 Å². The maximum absolute atomic E-state index is 11.5. The Kier molecular flexibility index (Phi) is 4.62. The quantitative estimate of drug-likeness (QED) is 0.704. The van der Waals surface area contributed by atoms with Gasteiger partial charge in [-0.05, 0) is 24.6 Å². The number of primary sulfonamides is 1. The molecule has 8 heteroatoms. The third-order valence-electron chi connectivity index (χ3n) is 2.28. The average Bonchev–Trinajstić information content (AvgIpc) is 2.27. The summed E-state index contributed by atoms with van der Waals surface area (Å²) in [6.07, 6.45) is 0. The summed E-state index contributed by atoms with van der Waals surface area (Å²) < 4.78 is 22.6. The van der Waals surface area contributed by atoms with Gasteiger partial charge in [-0.1, -0.05) is 6.07 Å². The molecule has 7 nitrogen and oxygen atoms in total. The lowest BCUT2D eigenvalue weighted by Crippen LogP contribution is -2.31. The number of hydrogen-bond donors (Lipinski definition) is 3. The topological polar surface area (TPSA) is 118 Å². The van der Waals surface area contributed by atoms with Crippen molar-refractivity contribution in [2.24, 2.45) is 5.14 Å². The van der Waals surface area contributed by atoms with E-state index in [0.29, 0.717) is 11.3 Å². The van der Waals surface area contributed by atoms with Gasteiger partial charge < -0.3 is 10.6 Å². The van der Waals surface area contributed by atoms with Crippen molar-refractivity contribution in [3.8, 4) is 0 Å². The monoisotopic (exact) mass is 285 g/mol. The lowest BCUT2D eigenvalue weighted by atomic mass is 10.2. The van der Waals surface area contributed by atoms with Crippen LogP contribution in [0.25, 0.3) is 0 Å². The maximum atomic E-state index is 11.5. The van der Waals surface area contributed by atoms with E-state index in [1.165, 1.54) is 19.1 Å². The summed E-state index contributed by atoms with van der Waals surface area (Å²) in [6, 6.07) is 4.36. The number of rotatable bonds is 4. The molecule has 2 amide bonds. The number of carbonyl (C=O) groups excluding carboxylic acids is 2. The molecule has 0 atom stereocenters. The minimum atomic E-state index is -3.84. The normalized spacial score (nSPS) is 10.9. The van der Waals surface area contributed by atoms with Crippen LogP contribution in [0, 0.1) is 6.92 Å². The van der Waals surface area contributed by atoms with Crippen LogP contribution in [0.2, 0.25) is 0 Å². The highest BCUT2D eigenvalue weighted by Gasteiger charge is 2.13. The van der Waals surface area contributed by atoms with Crippen molar-refractivity contribution < 1.29 is 18.0 Å². The van der Waals surface area contributed by atoms with Crippen LogP contribution in [0.3, 0.4) is 0 Å². The highest BCUT2D eigenvalue weighted by atomic mass is 32.2. The molecule has 0 unspecified atom stereocenters. The number of sulfonamides is 1. The van der Waals surface area contributed by atoms with Crippen molar-refractivity contribution in [2.75, 3.05) is 11.9 Å². The molecule has 1 aromatic carbocycles. The average molecular weight is 285 g/mol. The molecular weight excluding hydrogens is 270 g/mol. The van der Waals surface area contributed by atoms with Crippen LogP contribution >= 0.6 is 0 Å². The van der Waals surface area contributed by atoms with E-state index in [0.717, 1.165) is 0 Å². The van der Waals surface area contributed by atoms with E-state index < -0.39 is 15.9 Å². The Morgan fingerprint density at radius 2 is 1.95 bits per heavy atom. The van der Waals surface area contributed by atoms with Crippen molar-refractivity contribution in [1.29, 1.82) is 0 Å². The Bertz CT molecular complexity index is 610. The van der Waals surface area contributed by atoms with Crippen LogP contribution < -0.4 is 15.8 Å². The summed E-state index contributed by atoms with van der Waals surface area (Å²) >= 11 is 0. The lowest BCUT2D eigenvalue weighted by molar-refractivity contribution is -0.122. The number of benzene rings is 1. The van der Waals surface area contributed by atoms with Crippen LogP contribution in [-0.2, 0) is 19.6 Å². The van der Waals surface area contributed by atoms with Gasteiger partial charge in [-0.25, -0.2) is 13.6 Å². The van der Waals surface area contributed by atoms with Gasteiger partial charge in [-0.2, -0.15) is 0 Å². The van der Waals surface area contributed by atoms with E-state index >= 15 is 0 Å². The van der Waals surface area contributed by atoms with Crippen molar-refractivity contribution in [3.63, 3.8) is 0 Å². The highest BCUT2D eigenvalue weighted by molar-refractivity contribution is 7.89. The number of hydrogen-bond acceptors (Lipinski definition) is 4. The van der Waals surface area contributed by atoms with E-state index in [-0.39, 0.29) is 17.3 Å². The maximum Gasteiger partial charge on any atom is 0.243 e. The molecule has 0 saturated heterocycles. The summed E-state index contributed by atoms with van der Waals surface area (Å²) in [5.74, 6) is -0.788. The standard InChI is InChI=1S/C11H15N3O4S/c1-7-3-4-9(5-10(7)19(12,17)18)14-11(16)6-13-8(2)15/h3-5H,6H2,1-2H3,(H,13,15)(H,14,16)(H2,12,17,18). The highest BCUT2D eigenvalue weighted by Crippen LogP contribution is 2.18. The van der Waals surface area contributed by atoms with Crippen LogP contribution in [0.5, 0.6) is 0 Å². The molecule has 0 saturated carbocycles. The first-order valence-corrected chi connectivity index (χ1v) is 6.92. The van der Waals surface area contributed by atoms with E-state index in [1.807, 2.05) is 0 Å². The number of aryl methyl sites for hydroxylation is 1. The van der Waals surface area contributed by atoms with Gasteiger partial charge in [0.15, 0.2) is 0 Å². The van der Waals surface area contributed by atoms with Crippen molar-refractivity contribution in [1.82, 2.24) is 5.32 Å². The summed E-state index contributed by atoms with van der Waals surface area (Å²) in [7, 11) is -3.84. The van der Waals surface area contributed by atoms with Crippen LogP contribution in [0.4, 0.5) is 5.69 Å². The second kappa shape index (κ2) is 5.81. The SMILES string of the molecule is CC(=O)NCC(=O)Nc1ccc(C)c(S(N)(=O)=O)c1. The van der Waals surface area contributed by atoms with Gasteiger partial charge in [-0.3, -0.25) is 9.59 Å². The zero-order valence-corrected chi connectivity index (χ0v) is 11.4. The van der Waals surface area contributed by atoms with Crippen LogP contribution in [0.15, 0.2) is 23.1 Å². The number of amides is 2. The number of anilines is 1. The molecule has 0 radical (unpaired) electrons. The number of nitrogens with one attached hydrogen (secondary N) is 2. The van der Waals surface area contributed by atoms with E-state index in [2.05, 4.69) is 10.6 Å². The predicted molar refractivity (Wildman–Crippen MR) is 69.9 cm³/mol. The first-order valence-electron chi connectivity index (χ1n) is 5.38. The van der Waals surface area contributed by atoms with Crippen molar-refractivity contribution in [2.45, 2.75) is 18.7 Å². The summed E-state index contributed by atoms with van der Waals surface area (Å²) in [6.45, 7) is 2.70. The Morgan fingerprint density at radius 3 is 2.47 bits per heavy atom. The van der Waals surface area contributed by atoms with Gasteiger partial charge in [0.05, 0.1) is 11.4 Å². The van der Waals surface area contributed by atoms with Gasteiger partial charge in [0.2, 0.25) is 21.8 Å². The second-order valence-electron chi connectivity index (χ2n) is 3.98. The van der Waals surface area contributed by atoms with E-state index in [9.17, 15) is 18.0 Å². The Morgan fingerprint density at radius 1 is 1.32 bits per heavy atom. The molecule has 0 bridgehead atoms. The largest absolute Gasteiger partial charge is 0.347 e. The second-order valence-corrected chi connectivity index (χ2v) is 5.51. The molecule has 0 aliphatic carbocycles. The van der Waals surface area contributed by atoms with Crippen molar-refractivity contribution in [3.05, 3.63) is 23.8 Å². The summed E-state index contributed by atoms with van der Waals surface area (Å²) in [5.41, 5.74) is 0.785. The Labute approximate surface area is 111 Å². The molecule has 104 valence electrons. The number of carbonyl (C=O) groups is 2. The zero-order chi connectivity index (χ0) is 14.6. The van der Waals surface area contributed by atoms with E-state index in [4.69, 9.17) is 5.14 Å². The molecular formula is C11H15N3O4S. The molecule has 0 spiro atoms. The number of nitrogens with two attached hydrogens (primary N) is 1. The summed E-state index contributed by atoms with van der Waals surface area (Å²) in [5, 5.41) is 9.85. The fraction of sp³-hybridized carbons (Fsp3) is 0.273. The zero-order valence-electron chi connectivity index (χ0n) is 10.6. The molecule has 0 aliphatic rings. The van der Waals surface area contributed by atoms with Gasteiger partial charge in [-0.15, -0.1) is 0 Å². The van der Waals surface area contributed by atoms with Gasteiger partial charge >= 0.3 is 0 Å². The fourth-order valence-electron chi connectivity index (χ4n) is 1.39. The molecule has 4 N–H and O–H groups in total. The molecule has 19 heavy (non-hydrogen) atoms. The minimum Gasteiger partial charge on any atom is -0.347 e. The van der Waals surface area contributed by atoms with Crippen LogP contribution in [0.1, 0.15) is 12.5 Å². The first-order chi connectivity index (χ1) is 8.70. The molecule has 0 fully saturated rings. The Balaban J connectivity index is 2.86. The molecule has 1 rings (SSSR count). The molecule has 1 aromatic rings. The molecule has 0 aliphatic heterocycles. The summed E-state index contributed by atoms with van der Waals surface area (Å²) in [4.78, 5) is 22.0. The van der Waals surface area contributed by atoms with Gasteiger partial charge in [0.1, 0.15) is 0 Å². The molecule has 0 heterocycles.